The molecule has 19 heteroatoms. The van der Waals surface area contributed by atoms with E-state index >= 15 is 0 Å². The predicted molar refractivity (Wildman–Crippen MR) is 173 cm³/mol. The first kappa shape index (κ1) is 43.7. The second-order valence-corrected chi connectivity index (χ2v) is 14.0. The summed E-state index contributed by atoms with van der Waals surface area (Å²) in [5.41, 5.74) is 0. The van der Waals surface area contributed by atoms with Gasteiger partial charge in [0.15, 0.2) is 18.9 Å². The van der Waals surface area contributed by atoms with E-state index < -0.39 is 142 Å². The molecule has 0 amide bonds. The number of hydrogen-bond acceptors (Lipinski definition) is 19. The van der Waals surface area contributed by atoms with Crippen molar-refractivity contribution >= 4 is 0 Å². The van der Waals surface area contributed by atoms with Crippen molar-refractivity contribution < 1.29 is 94.4 Å². The van der Waals surface area contributed by atoms with Gasteiger partial charge in [0.1, 0.15) is 79.4 Å². The van der Waals surface area contributed by atoms with Crippen LogP contribution in [0.3, 0.4) is 0 Å². The number of rotatable bonds is 17. The van der Waals surface area contributed by atoms with Gasteiger partial charge in [-0.15, -0.1) is 6.58 Å². The molecule has 0 radical (unpaired) electrons. The minimum absolute atomic E-state index is 0.182. The highest BCUT2D eigenvalue weighted by atomic mass is 16.8. The SMILES string of the molecule is C=CCCCCCCO[C@@H]1OC(CO)[C@@H](O[C@@H]2OC(CO)[C@H](O)C(O[C@H]3CC(CO)[C@H](O)C(O)C3O)C2O[C@@H]2OC(C)[C@@H](O)C(O)C2O)C(O)C1O. The maximum absolute atomic E-state index is 11.4. The van der Waals surface area contributed by atoms with E-state index in [1.165, 1.54) is 6.92 Å². The third-order valence-corrected chi connectivity index (χ3v) is 10.3. The maximum Gasteiger partial charge on any atom is 0.187 e. The normalized spacial score (nSPS) is 47.3. The van der Waals surface area contributed by atoms with Crippen molar-refractivity contribution in [3.05, 3.63) is 12.7 Å². The van der Waals surface area contributed by atoms with E-state index in [2.05, 4.69) is 6.58 Å². The van der Waals surface area contributed by atoms with Crippen molar-refractivity contribution in [3.8, 4) is 0 Å². The Labute approximate surface area is 301 Å². The molecule has 304 valence electrons. The molecule has 3 saturated heterocycles. The first-order valence-electron chi connectivity index (χ1n) is 17.9. The molecule has 12 N–H and O–H groups in total. The lowest BCUT2D eigenvalue weighted by Gasteiger charge is -2.50. The minimum Gasteiger partial charge on any atom is -0.396 e. The molecule has 0 bridgehead atoms. The van der Waals surface area contributed by atoms with Gasteiger partial charge in [0.25, 0.3) is 0 Å². The average molecular weight is 759 g/mol. The highest BCUT2D eigenvalue weighted by molar-refractivity contribution is 4.99. The first-order chi connectivity index (χ1) is 24.8. The van der Waals surface area contributed by atoms with E-state index in [0.29, 0.717) is 6.42 Å². The fraction of sp³-hybridized carbons (Fsp3) is 0.939. The standard InChI is InChI=1S/C33H58O19/c1-3-4-5-6-7-8-9-46-31-27(45)25(43)28(18(13-36)50-31)51-33-30(52-32-26(44)23(41)19(37)14(2)47-32)29(22(40)17(12-35)49-33)48-16-10-15(11-34)20(38)24(42)21(16)39/h3,14-45H,1,4-13H2,2H3/t14?,15?,16-,17?,18?,19+,20-,21?,22-,23?,24?,25?,26?,27?,28+,29?,30?,31+,32-,33-/m0/s1. The Kier molecular flexibility index (Phi) is 17.0. The van der Waals surface area contributed by atoms with E-state index in [4.69, 9.17) is 33.2 Å². The molecule has 12 unspecified atom stereocenters. The van der Waals surface area contributed by atoms with Crippen LogP contribution < -0.4 is 0 Å². The number of aliphatic hydroxyl groups is 12. The van der Waals surface area contributed by atoms with Gasteiger partial charge in [-0.2, -0.15) is 0 Å². The number of unbranched alkanes of at least 4 members (excludes halogenated alkanes) is 4. The van der Waals surface area contributed by atoms with Gasteiger partial charge in [-0.1, -0.05) is 18.9 Å². The molecule has 4 rings (SSSR count). The minimum atomic E-state index is -1.88. The van der Waals surface area contributed by atoms with Crippen molar-refractivity contribution in [2.75, 3.05) is 26.4 Å². The molecule has 52 heavy (non-hydrogen) atoms. The zero-order valence-electron chi connectivity index (χ0n) is 29.1. The summed E-state index contributed by atoms with van der Waals surface area (Å²) in [4.78, 5) is 0. The van der Waals surface area contributed by atoms with Crippen LogP contribution in [0.25, 0.3) is 0 Å². The second kappa shape index (κ2) is 20.2. The van der Waals surface area contributed by atoms with Gasteiger partial charge in [0, 0.05) is 19.1 Å². The van der Waals surface area contributed by atoms with Gasteiger partial charge in [0.05, 0.1) is 31.5 Å². The molecule has 20 atom stereocenters. The van der Waals surface area contributed by atoms with Crippen LogP contribution in [0.4, 0.5) is 0 Å². The van der Waals surface area contributed by atoms with E-state index in [-0.39, 0.29) is 13.0 Å². The smallest absolute Gasteiger partial charge is 0.187 e. The highest BCUT2D eigenvalue weighted by Gasteiger charge is 2.56. The van der Waals surface area contributed by atoms with Crippen molar-refractivity contribution in [2.24, 2.45) is 5.92 Å². The molecule has 0 spiro atoms. The summed E-state index contributed by atoms with van der Waals surface area (Å²) in [6.45, 7) is 3.07. The molecule has 19 nitrogen and oxygen atoms in total. The number of aliphatic hydroxyl groups excluding tert-OH is 12. The molecular formula is C33H58O19. The summed E-state index contributed by atoms with van der Waals surface area (Å²) < 4.78 is 41.0. The van der Waals surface area contributed by atoms with Gasteiger partial charge in [-0.05, 0) is 32.6 Å². The van der Waals surface area contributed by atoms with E-state index in [0.717, 1.165) is 25.7 Å². The van der Waals surface area contributed by atoms with Gasteiger partial charge >= 0.3 is 0 Å². The highest BCUT2D eigenvalue weighted by Crippen LogP contribution is 2.37. The Morgan fingerprint density at radius 2 is 1.17 bits per heavy atom. The molecule has 1 aliphatic carbocycles. The third-order valence-electron chi connectivity index (χ3n) is 10.3. The zero-order valence-corrected chi connectivity index (χ0v) is 29.1. The van der Waals surface area contributed by atoms with Crippen molar-refractivity contribution in [3.63, 3.8) is 0 Å². The molecule has 3 aliphatic heterocycles. The Morgan fingerprint density at radius 1 is 0.558 bits per heavy atom. The van der Waals surface area contributed by atoms with E-state index in [1.807, 2.05) is 6.08 Å². The molecule has 0 aromatic heterocycles. The van der Waals surface area contributed by atoms with E-state index in [1.54, 1.807) is 0 Å². The van der Waals surface area contributed by atoms with Crippen LogP contribution >= 0.6 is 0 Å². The Bertz CT molecular complexity index is 1050. The van der Waals surface area contributed by atoms with Gasteiger partial charge < -0.3 is 94.4 Å². The summed E-state index contributed by atoms with van der Waals surface area (Å²) in [5.74, 6) is -0.963. The first-order valence-corrected chi connectivity index (χ1v) is 17.9. The molecular weight excluding hydrogens is 700 g/mol. The molecule has 4 aliphatic rings. The number of hydrogen-bond donors (Lipinski definition) is 12. The number of allylic oxidation sites excluding steroid dienone is 1. The monoisotopic (exact) mass is 758 g/mol. The summed E-state index contributed by atoms with van der Waals surface area (Å²) >= 11 is 0. The quantitative estimate of drug-likeness (QED) is 0.0489. The summed E-state index contributed by atoms with van der Waals surface area (Å²) in [7, 11) is 0. The Morgan fingerprint density at radius 3 is 1.83 bits per heavy atom. The zero-order chi connectivity index (χ0) is 38.3. The lowest BCUT2D eigenvalue weighted by atomic mass is 9.81. The van der Waals surface area contributed by atoms with E-state index in [9.17, 15) is 61.3 Å². The lowest BCUT2D eigenvalue weighted by Crippen LogP contribution is -2.68. The summed E-state index contributed by atoms with van der Waals surface area (Å²) in [5, 5.41) is 127. The van der Waals surface area contributed by atoms with Gasteiger partial charge in [-0.25, -0.2) is 0 Å². The van der Waals surface area contributed by atoms with Crippen molar-refractivity contribution in [1.29, 1.82) is 0 Å². The fourth-order valence-corrected chi connectivity index (χ4v) is 6.99. The van der Waals surface area contributed by atoms with Crippen LogP contribution in [-0.4, -0.2) is 204 Å². The van der Waals surface area contributed by atoms with Crippen molar-refractivity contribution in [1.82, 2.24) is 0 Å². The van der Waals surface area contributed by atoms with Gasteiger partial charge in [-0.3, -0.25) is 0 Å². The Balaban J connectivity index is 1.59. The van der Waals surface area contributed by atoms with Crippen LogP contribution in [0.15, 0.2) is 12.7 Å². The Hall–Kier alpha value is -1.02. The largest absolute Gasteiger partial charge is 0.396 e. The summed E-state index contributed by atoms with van der Waals surface area (Å²) in [6, 6.07) is 0. The second-order valence-electron chi connectivity index (χ2n) is 14.0. The van der Waals surface area contributed by atoms with Crippen LogP contribution in [0.2, 0.25) is 0 Å². The fourth-order valence-electron chi connectivity index (χ4n) is 6.99. The molecule has 0 aromatic rings. The van der Waals surface area contributed by atoms with Crippen LogP contribution in [0, 0.1) is 5.92 Å². The summed E-state index contributed by atoms with van der Waals surface area (Å²) in [6.07, 6.45) is -24.8. The number of ether oxygens (including phenoxy) is 7. The van der Waals surface area contributed by atoms with Crippen LogP contribution in [0.1, 0.15) is 45.4 Å². The predicted octanol–water partition coefficient (Wildman–Crippen LogP) is -4.90. The van der Waals surface area contributed by atoms with Crippen molar-refractivity contribution in [2.45, 2.75) is 162 Å². The van der Waals surface area contributed by atoms with Crippen LogP contribution in [-0.2, 0) is 33.2 Å². The average Bonchev–Trinajstić information content (AvgIpc) is 3.13. The lowest BCUT2D eigenvalue weighted by molar-refractivity contribution is -0.393. The molecule has 1 saturated carbocycles. The molecule has 4 fully saturated rings. The topological polar surface area (TPSA) is 307 Å². The van der Waals surface area contributed by atoms with Crippen LogP contribution in [0.5, 0.6) is 0 Å². The molecule has 0 aromatic carbocycles. The molecule has 3 heterocycles. The maximum atomic E-state index is 11.4. The third kappa shape index (κ3) is 10.0. The van der Waals surface area contributed by atoms with Gasteiger partial charge in [0.2, 0.25) is 0 Å².